The van der Waals surface area contributed by atoms with Gasteiger partial charge in [-0.2, -0.15) is 0 Å². The third kappa shape index (κ3) is 4.27. The molecule has 0 radical (unpaired) electrons. The summed E-state index contributed by atoms with van der Waals surface area (Å²) >= 11 is 5.81. The van der Waals surface area contributed by atoms with Crippen molar-refractivity contribution in [3.63, 3.8) is 0 Å². The summed E-state index contributed by atoms with van der Waals surface area (Å²) in [4.78, 5) is 20.1. The van der Waals surface area contributed by atoms with Crippen molar-refractivity contribution in [1.82, 2.24) is 9.97 Å². The minimum atomic E-state index is -1.05. The van der Waals surface area contributed by atoms with Crippen molar-refractivity contribution in [2.45, 2.75) is 0 Å². The minimum Gasteiger partial charge on any atom is -0.339 e. The van der Waals surface area contributed by atoms with Crippen molar-refractivity contribution in [3.8, 4) is 0 Å². The van der Waals surface area contributed by atoms with E-state index in [9.17, 15) is 13.6 Å². The molecule has 0 spiro atoms. The first-order valence-corrected chi connectivity index (χ1v) is 7.50. The van der Waals surface area contributed by atoms with Gasteiger partial charge in [-0.1, -0.05) is 11.6 Å². The highest BCUT2D eigenvalue weighted by Gasteiger charge is 2.10. The molecule has 1 heterocycles. The lowest BCUT2D eigenvalue weighted by Gasteiger charge is -2.07. The molecule has 1 amide bonds. The smallest absolute Gasteiger partial charge is 0.275 e. The van der Waals surface area contributed by atoms with E-state index in [0.29, 0.717) is 10.8 Å². The van der Waals surface area contributed by atoms with E-state index in [1.165, 1.54) is 18.5 Å². The Morgan fingerprint density at radius 1 is 0.920 bits per heavy atom. The maximum absolute atomic E-state index is 13.1. The van der Waals surface area contributed by atoms with Gasteiger partial charge in [-0.3, -0.25) is 4.79 Å². The Hall–Kier alpha value is -3.06. The van der Waals surface area contributed by atoms with Crippen molar-refractivity contribution in [2.24, 2.45) is 0 Å². The van der Waals surface area contributed by atoms with Crippen LogP contribution in [0, 0.1) is 11.6 Å². The second-order valence-electron chi connectivity index (χ2n) is 5.00. The summed E-state index contributed by atoms with van der Waals surface area (Å²) < 4.78 is 26.0. The van der Waals surface area contributed by atoms with Crippen molar-refractivity contribution >= 4 is 34.7 Å². The van der Waals surface area contributed by atoms with Crippen LogP contribution >= 0.6 is 11.6 Å². The number of amides is 1. The maximum Gasteiger partial charge on any atom is 0.275 e. The van der Waals surface area contributed by atoms with Crippen molar-refractivity contribution in [1.29, 1.82) is 0 Å². The molecule has 0 aliphatic heterocycles. The molecule has 0 saturated heterocycles. The molecule has 5 nitrogen and oxygen atoms in total. The first-order chi connectivity index (χ1) is 12.0. The summed E-state index contributed by atoms with van der Waals surface area (Å²) in [6.45, 7) is 0. The fourth-order valence-corrected chi connectivity index (χ4v) is 2.09. The van der Waals surface area contributed by atoms with Crippen molar-refractivity contribution in [3.05, 3.63) is 77.2 Å². The number of carbonyl (C=O) groups is 1. The van der Waals surface area contributed by atoms with Crippen molar-refractivity contribution in [2.75, 3.05) is 10.6 Å². The Labute approximate surface area is 146 Å². The molecule has 2 N–H and O–H groups in total. The molecule has 2 aromatic carbocycles. The van der Waals surface area contributed by atoms with E-state index >= 15 is 0 Å². The van der Waals surface area contributed by atoms with Crippen LogP contribution in [0.25, 0.3) is 0 Å². The molecule has 0 fully saturated rings. The average Bonchev–Trinajstić information content (AvgIpc) is 2.61. The lowest BCUT2D eigenvalue weighted by Crippen LogP contribution is -2.14. The molecular formula is C17H11ClF2N4O. The zero-order valence-corrected chi connectivity index (χ0v) is 13.4. The van der Waals surface area contributed by atoms with E-state index in [1.54, 1.807) is 24.3 Å². The Morgan fingerprint density at radius 3 is 2.28 bits per heavy atom. The number of carbonyl (C=O) groups excluding carboxylic acids is 1. The van der Waals surface area contributed by atoms with Crippen LogP contribution in [-0.2, 0) is 0 Å². The standard InChI is InChI=1S/C17H11ClF2N4O/c18-10-1-3-11(4-2-10)23-16-9-21-15(8-22-16)17(25)24-12-5-6-13(19)14(20)7-12/h1-9H,(H,22,23)(H,24,25). The van der Waals surface area contributed by atoms with Gasteiger partial charge in [-0.05, 0) is 36.4 Å². The zero-order valence-electron chi connectivity index (χ0n) is 12.6. The third-order valence-corrected chi connectivity index (χ3v) is 3.43. The molecule has 0 aliphatic carbocycles. The van der Waals surface area contributed by atoms with Gasteiger partial charge in [0.15, 0.2) is 11.6 Å². The number of aromatic nitrogens is 2. The molecule has 0 bridgehead atoms. The van der Waals surface area contributed by atoms with E-state index in [2.05, 4.69) is 20.6 Å². The summed E-state index contributed by atoms with van der Waals surface area (Å²) in [6, 6.07) is 10.1. The summed E-state index contributed by atoms with van der Waals surface area (Å²) in [5, 5.41) is 6.04. The molecular weight excluding hydrogens is 350 g/mol. The van der Waals surface area contributed by atoms with Crippen molar-refractivity contribution < 1.29 is 13.6 Å². The van der Waals surface area contributed by atoms with Crippen LogP contribution < -0.4 is 10.6 Å². The minimum absolute atomic E-state index is 0.0337. The van der Waals surface area contributed by atoms with E-state index < -0.39 is 17.5 Å². The van der Waals surface area contributed by atoms with E-state index in [4.69, 9.17) is 11.6 Å². The van der Waals surface area contributed by atoms with Gasteiger partial charge in [0.1, 0.15) is 11.5 Å². The number of benzene rings is 2. The first-order valence-electron chi connectivity index (χ1n) is 7.12. The Balaban J connectivity index is 1.67. The average molecular weight is 361 g/mol. The highest BCUT2D eigenvalue weighted by molar-refractivity contribution is 6.30. The SMILES string of the molecule is O=C(Nc1ccc(F)c(F)c1)c1cnc(Nc2ccc(Cl)cc2)cn1. The molecule has 8 heteroatoms. The van der Waals surface area contributed by atoms with Gasteiger partial charge in [-0.15, -0.1) is 0 Å². The van der Waals surface area contributed by atoms with Crippen LogP contribution in [0.15, 0.2) is 54.9 Å². The van der Waals surface area contributed by atoms with Crippen LogP contribution in [0.4, 0.5) is 26.0 Å². The lowest BCUT2D eigenvalue weighted by atomic mass is 10.3. The highest BCUT2D eigenvalue weighted by atomic mass is 35.5. The number of nitrogens with zero attached hydrogens (tertiary/aromatic N) is 2. The Morgan fingerprint density at radius 2 is 1.64 bits per heavy atom. The predicted octanol–water partition coefficient (Wildman–Crippen LogP) is 4.40. The largest absolute Gasteiger partial charge is 0.339 e. The highest BCUT2D eigenvalue weighted by Crippen LogP contribution is 2.17. The van der Waals surface area contributed by atoms with Gasteiger partial charge in [0.25, 0.3) is 5.91 Å². The number of hydrogen-bond donors (Lipinski definition) is 2. The summed E-state index contributed by atoms with van der Waals surface area (Å²) in [6.07, 6.45) is 2.65. The molecule has 0 unspecified atom stereocenters. The zero-order chi connectivity index (χ0) is 17.8. The fraction of sp³-hybridized carbons (Fsp3) is 0. The third-order valence-electron chi connectivity index (χ3n) is 3.18. The summed E-state index contributed by atoms with van der Waals surface area (Å²) in [5.41, 5.74) is 0.915. The topological polar surface area (TPSA) is 66.9 Å². The van der Waals surface area contributed by atoms with Crippen LogP contribution in [0.3, 0.4) is 0 Å². The van der Waals surface area contributed by atoms with E-state index in [1.807, 2.05) is 0 Å². The monoisotopic (exact) mass is 360 g/mol. The maximum atomic E-state index is 13.1. The number of nitrogens with one attached hydrogen (secondary N) is 2. The predicted molar refractivity (Wildman–Crippen MR) is 91.1 cm³/mol. The van der Waals surface area contributed by atoms with Gasteiger partial charge in [0.05, 0.1) is 12.4 Å². The normalized spacial score (nSPS) is 10.4. The molecule has 1 aromatic heterocycles. The van der Waals surface area contributed by atoms with Gasteiger partial charge in [0.2, 0.25) is 0 Å². The number of anilines is 3. The Bertz CT molecular complexity index is 902. The second-order valence-corrected chi connectivity index (χ2v) is 5.44. The van der Waals surface area contributed by atoms with Crippen LogP contribution in [-0.4, -0.2) is 15.9 Å². The molecule has 0 aliphatic rings. The number of hydrogen-bond acceptors (Lipinski definition) is 4. The molecule has 3 aromatic rings. The van der Waals surface area contributed by atoms with Gasteiger partial charge in [-0.25, -0.2) is 18.7 Å². The number of rotatable bonds is 4. The fourth-order valence-electron chi connectivity index (χ4n) is 1.96. The quantitative estimate of drug-likeness (QED) is 0.723. The summed E-state index contributed by atoms with van der Waals surface area (Å²) in [7, 11) is 0. The molecule has 0 atom stereocenters. The molecule has 126 valence electrons. The second kappa shape index (κ2) is 7.23. The van der Waals surface area contributed by atoms with Gasteiger partial charge in [0, 0.05) is 22.5 Å². The first kappa shape index (κ1) is 16.8. The summed E-state index contributed by atoms with van der Waals surface area (Å²) in [5.74, 6) is -2.19. The van der Waals surface area contributed by atoms with E-state index in [-0.39, 0.29) is 11.4 Å². The van der Waals surface area contributed by atoms with Gasteiger partial charge < -0.3 is 10.6 Å². The van der Waals surface area contributed by atoms with E-state index in [0.717, 1.165) is 17.8 Å². The molecule has 0 saturated carbocycles. The van der Waals surface area contributed by atoms with Crippen LogP contribution in [0.1, 0.15) is 10.5 Å². The molecule has 25 heavy (non-hydrogen) atoms. The van der Waals surface area contributed by atoms with Crippen LogP contribution in [0.2, 0.25) is 5.02 Å². The lowest BCUT2D eigenvalue weighted by molar-refractivity contribution is 0.102. The number of halogens is 3. The van der Waals surface area contributed by atoms with Crippen LogP contribution in [0.5, 0.6) is 0 Å². The van der Waals surface area contributed by atoms with Gasteiger partial charge >= 0.3 is 0 Å². The molecule has 3 rings (SSSR count). The Kier molecular flexibility index (Phi) is 4.85.